The fourth-order valence-electron chi connectivity index (χ4n) is 4.88. The Bertz CT molecular complexity index is 1150. The zero-order valence-electron chi connectivity index (χ0n) is 24.2. The second-order valence-corrected chi connectivity index (χ2v) is 10.1. The van der Waals surface area contributed by atoms with Crippen molar-refractivity contribution in [1.29, 1.82) is 0 Å². The minimum atomic E-state index is 0. The van der Waals surface area contributed by atoms with Gasteiger partial charge in [0, 0.05) is 26.2 Å². The van der Waals surface area contributed by atoms with Crippen molar-refractivity contribution >= 4 is 32.9 Å². The Morgan fingerprint density at radius 3 is 1.58 bits per heavy atom. The second kappa shape index (κ2) is 18.9. The van der Waals surface area contributed by atoms with Gasteiger partial charge in [0.05, 0.1) is 0 Å². The van der Waals surface area contributed by atoms with Gasteiger partial charge >= 0.3 is 26.2 Å². The SMILES string of the molecule is CCCN(CCC)c1ccc2cc(C(C)C)[cH-]c2c1.CCCN(CCC)c1ccc2cc[cH-]c2c1.[Cl-].[Cl-].[Zr+4]. The van der Waals surface area contributed by atoms with E-state index in [4.69, 9.17) is 0 Å². The molecule has 206 valence electrons. The van der Waals surface area contributed by atoms with Crippen molar-refractivity contribution in [2.75, 3.05) is 36.0 Å². The molecule has 38 heavy (non-hydrogen) atoms. The molecule has 4 aromatic carbocycles. The van der Waals surface area contributed by atoms with Crippen molar-refractivity contribution in [2.45, 2.75) is 73.1 Å². The quantitative estimate of drug-likeness (QED) is 0.234. The Morgan fingerprint density at radius 2 is 1.11 bits per heavy atom. The molecule has 0 saturated carbocycles. The van der Waals surface area contributed by atoms with Crippen LogP contribution in [0, 0.1) is 0 Å². The summed E-state index contributed by atoms with van der Waals surface area (Å²) in [5.74, 6) is 0.609. The van der Waals surface area contributed by atoms with Crippen molar-refractivity contribution < 1.29 is 51.0 Å². The average Bonchev–Trinajstić information content (AvgIpc) is 3.50. The monoisotopic (exact) mass is 630 g/mol. The third-order valence-corrected chi connectivity index (χ3v) is 6.71. The van der Waals surface area contributed by atoms with Gasteiger partial charge in [0.25, 0.3) is 0 Å². The van der Waals surface area contributed by atoms with E-state index in [1.807, 2.05) is 0 Å². The first kappa shape index (κ1) is 36.7. The van der Waals surface area contributed by atoms with Gasteiger partial charge in [-0.2, -0.15) is 18.2 Å². The minimum absolute atomic E-state index is 0. The van der Waals surface area contributed by atoms with Crippen LogP contribution in [0.15, 0.2) is 66.7 Å². The van der Waals surface area contributed by atoms with Crippen LogP contribution in [0.4, 0.5) is 11.4 Å². The van der Waals surface area contributed by atoms with Gasteiger partial charge in [-0.15, -0.1) is 63.5 Å². The Balaban J connectivity index is 0.000000675. The maximum Gasteiger partial charge on any atom is 4.00 e. The molecule has 0 bridgehead atoms. The molecular formula is C33H46Cl2N2Zr. The normalized spacial score (nSPS) is 10.3. The van der Waals surface area contributed by atoms with Crippen LogP contribution < -0.4 is 34.6 Å². The standard InChI is InChI=1S/C18H26N.C15H20N.2ClH.Zr/c1-5-9-19(10-6-2)18-8-7-15-11-16(14(3)4)12-17(15)13-18;1-3-10-16(11-4-2)15-9-8-13-6-5-7-14(13)12-15;;;/h7-8,11-14H,5-6,9-10H2,1-4H3;5-9,12H,3-4,10-11H2,1-2H3;2*1H;/q2*-1;;;+4/p-2. The van der Waals surface area contributed by atoms with Crippen LogP contribution >= 0.6 is 0 Å². The van der Waals surface area contributed by atoms with E-state index in [0.29, 0.717) is 5.92 Å². The summed E-state index contributed by atoms with van der Waals surface area (Å²) in [5, 5.41) is 5.46. The van der Waals surface area contributed by atoms with Crippen LogP contribution in [0.2, 0.25) is 0 Å². The smallest absolute Gasteiger partial charge is 1.00 e. The van der Waals surface area contributed by atoms with E-state index >= 15 is 0 Å². The Morgan fingerprint density at radius 1 is 0.632 bits per heavy atom. The van der Waals surface area contributed by atoms with Gasteiger partial charge < -0.3 is 34.6 Å². The van der Waals surface area contributed by atoms with Crippen LogP contribution in [0.3, 0.4) is 0 Å². The van der Waals surface area contributed by atoms with Gasteiger partial charge in [0.2, 0.25) is 0 Å². The molecule has 0 aliphatic heterocycles. The summed E-state index contributed by atoms with van der Waals surface area (Å²) >= 11 is 0. The summed E-state index contributed by atoms with van der Waals surface area (Å²) in [5.41, 5.74) is 4.18. The van der Waals surface area contributed by atoms with E-state index in [2.05, 4.69) is 118 Å². The van der Waals surface area contributed by atoms with Gasteiger partial charge in [-0.1, -0.05) is 53.7 Å². The molecule has 0 radical (unpaired) electrons. The molecule has 2 nitrogen and oxygen atoms in total. The fraction of sp³-hybridized carbons (Fsp3) is 0.455. The van der Waals surface area contributed by atoms with Gasteiger partial charge in [-0.3, -0.25) is 0 Å². The molecule has 4 aromatic rings. The van der Waals surface area contributed by atoms with E-state index in [1.54, 1.807) is 0 Å². The molecule has 0 aliphatic rings. The number of nitrogens with zero attached hydrogens (tertiary/aromatic N) is 2. The van der Waals surface area contributed by atoms with Gasteiger partial charge in [-0.05, 0) is 43.0 Å². The number of anilines is 2. The Hall–Kier alpha value is -1.28. The number of fused-ring (bicyclic) bond motifs is 2. The molecule has 0 saturated heterocycles. The topological polar surface area (TPSA) is 6.48 Å². The predicted octanol–water partition coefficient (Wildman–Crippen LogP) is 3.50. The van der Waals surface area contributed by atoms with Gasteiger partial charge in [0.1, 0.15) is 0 Å². The van der Waals surface area contributed by atoms with E-state index in [-0.39, 0.29) is 51.0 Å². The first-order valence-electron chi connectivity index (χ1n) is 13.9. The molecule has 0 aliphatic carbocycles. The van der Waals surface area contributed by atoms with Crippen LogP contribution in [0.1, 0.15) is 78.7 Å². The second-order valence-electron chi connectivity index (χ2n) is 10.1. The first-order chi connectivity index (χ1) is 17.0. The molecule has 5 heteroatoms. The van der Waals surface area contributed by atoms with E-state index in [0.717, 1.165) is 26.2 Å². The zero-order chi connectivity index (χ0) is 25.2. The average molecular weight is 633 g/mol. The molecule has 0 heterocycles. The molecule has 0 spiro atoms. The molecule has 0 aromatic heterocycles. The van der Waals surface area contributed by atoms with Crippen LogP contribution in [-0.2, 0) is 26.2 Å². The maximum atomic E-state index is 2.50. The third kappa shape index (κ3) is 10.0. The molecule has 0 fully saturated rings. The number of benzene rings is 2. The van der Waals surface area contributed by atoms with E-state index < -0.39 is 0 Å². The van der Waals surface area contributed by atoms with Crippen LogP contribution in [0.5, 0.6) is 0 Å². The van der Waals surface area contributed by atoms with Crippen molar-refractivity contribution in [3.05, 3.63) is 72.3 Å². The number of halogens is 2. The van der Waals surface area contributed by atoms with Crippen molar-refractivity contribution in [1.82, 2.24) is 0 Å². The summed E-state index contributed by atoms with van der Waals surface area (Å²) in [6.07, 6.45) is 4.82. The van der Waals surface area contributed by atoms with Gasteiger partial charge in [0.15, 0.2) is 0 Å². The van der Waals surface area contributed by atoms with E-state index in [1.165, 1.54) is 64.2 Å². The number of hydrogen-bond donors (Lipinski definition) is 0. The third-order valence-electron chi connectivity index (χ3n) is 6.71. The van der Waals surface area contributed by atoms with Gasteiger partial charge in [-0.25, -0.2) is 0 Å². The summed E-state index contributed by atoms with van der Waals surface area (Å²) in [6.45, 7) is 18.1. The minimum Gasteiger partial charge on any atom is -1.00 e. The Labute approximate surface area is 263 Å². The predicted molar refractivity (Wildman–Crippen MR) is 159 cm³/mol. The number of hydrogen-bond acceptors (Lipinski definition) is 2. The molecule has 0 unspecified atom stereocenters. The summed E-state index contributed by atoms with van der Waals surface area (Å²) < 4.78 is 0. The van der Waals surface area contributed by atoms with Crippen molar-refractivity contribution in [3.8, 4) is 0 Å². The molecular weight excluding hydrogens is 587 g/mol. The van der Waals surface area contributed by atoms with Crippen molar-refractivity contribution in [2.24, 2.45) is 0 Å². The Kier molecular flexibility index (Phi) is 18.3. The summed E-state index contributed by atoms with van der Waals surface area (Å²) in [7, 11) is 0. The van der Waals surface area contributed by atoms with Crippen molar-refractivity contribution in [3.63, 3.8) is 0 Å². The summed E-state index contributed by atoms with van der Waals surface area (Å²) in [4.78, 5) is 4.98. The fourth-order valence-corrected chi connectivity index (χ4v) is 4.88. The molecule has 4 rings (SSSR count). The van der Waals surface area contributed by atoms with Crippen LogP contribution in [0.25, 0.3) is 21.5 Å². The molecule has 0 atom stereocenters. The zero-order valence-corrected chi connectivity index (χ0v) is 28.2. The summed E-state index contributed by atoms with van der Waals surface area (Å²) in [6, 6.07) is 24.8. The maximum absolute atomic E-state index is 2.50. The first-order valence-corrected chi connectivity index (χ1v) is 13.9. The van der Waals surface area contributed by atoms with E-state index in [9.17, 15) is 0 Å². The molecule has 0 amide bonds. The number of rotatable bonds is 11. The van der Waals surface area contributed by atoms with Crippen LogP contribution in [-0.4, -0.2) is 26.2 Å². The molecule has 0 N–H and O–H groups in total. The largest absolute Gasteiger partial charge is 4.00 e.